The molecule has 6 aromatic rings. The van der Waals surface area contributed by atoms with Crippen molar-refractivity contribution in [2.45, 2.75) is 57.8 Å². The molecule has 3 nitrogen and oxygen atoms in total. The van der Waals surface area contributed by atoms with Crippen LogP contribution in [0.2, 0.25) is 0 Å². The molecule has 0 saturated carbocycles. The first-order chi connectivity index (χ1) is 23.5. The van der Waals surface area contributed by atoms with Gasteiger partial charge < -0.3 is 13.6 Å². The Labute approximate surface area is 293 Å². The Hall–Kier alpha value is -4.85. The van der Waals surface area contributed by atoms with Crippen molar-refractivity contribution in [3.8, 4) is 17.2 Å². The summed E-state index contributed by atoms with van der Waals surface area (Å²) in [5.41, 5.74) is 6.93. The monoisotopic (exact) mass is 664 g/mol. The predicted octanol–water partition coefficient (Wildman–Crippen LogP) is 12.4. The third-order valence-electron chi connectivity index (χ3n) is 9.75. The first kappa shape index (κ1) is 34.0. The van der Waals surface area contributed by atoms with Gasteiger partial charge in [-0.15, -0.1) is 0 Å². The summed E-state index contributed by atoms with van der Waals surface area (Å²) in [5.74, 6) is 2.05. The van der Waals surface area contributed by atoms with E-state index < -0.39 is 8.60 Å². The lowest BCUT2D eigenvalue weighted by Gasteiger charge is -2.27. The molecular formula is C45H45O3P. The first-order valence-electron chi connectivity index (χ1n) is 16.9. The average Bonchev–Trinajstić information content (AvgIpc) is 3.13. The second kappa shape index (κ2) is 14.3. The van der Waals surface area contributed by atoms with Gasteiger partial charge in [-0.1, -0.05) is 169 Å². The number of hydrogen-bond acceptors (Lipinski definition) is 3. The molecular weight excluding hydrogens is 619 g/mol. The van der Waals surface area contributed by atoms with Gasteiger partial charge in [0, 0.05) is 16.2 Å². The summed E-state index contributed by atoms with van der Waals surface area (Å²) in [6.07, 6.45) is 0. The van der Waals surface area contributed by atoms with Crippen molar-refractivity contribution in [1.82, 2.24) is 0 Å². The molecule has 0 saturated heterocycles. The fraction of sp³-hybridized carbons (Fsp3) is 0.200. The van der Waals surface area contributed by atoms with Gasteiger partial charge in [0.1, 0.15) is 17.2 Å². The highest BCUT2D eigenvalue weighted by atomic mass is 31.2. The van der Waals surface area contributed by atoms with E-state index in [2.05, 4.69) is 151 Å². The zero-order valence-corrected chi connectivity index (χ0v) is 30.2. The van der Waals surface area contributed by atoms with Crippen molar-refractivity contribution in [1.29, 1.82) is 0 Å². The molecule has 0 unspecified atom stereocenters. The Morgan fingerprint density at radius 3 is 0.714 bits per heavy atom. The maximum absolute atomic E-state index is 6.45. The second-order valence-corrected chi connectivity index (χ2v) is 15.0. The van der Waals surface area contributed by atoms with Gasteiger partial charge in [0.05, 0.1) is 0 Å². The minimum atomic E-state index is -1.83. The summed E-state index contributed by atoms with van der Waals surface area (Å²) in [6, 6.07) is 56.4. The largest absolute Gasteiger partial charge is 0.530 e. The summed E-state index contributed by atoms with van der Waals surface area (Å²) < 4.78 is 19.3. The van der Waals surface area contributed by atoms with Crippen molar-refractivity contribution < 1.29 is 13.6 Å². The molecule has 0 atom stereocenters. The zero-order valence-electron chi connectivity index (χ0n) is 29.3. The van der Waals surface area contributed by atoms with E-state index >= 15 is 0 Å². The minimum Gasteiger partial charge on any atom is -0.409 e. The highest BCUT2D eigenvalue weighted by Gasteiger charge is 2.27. The first-order valence-corrected chi connectivity index (χ1v) is 18.0. The molecule has 0 bridgehead atoms. The molecule has 6 rings (SSSR count). The maximum Gasteiger partial charge on any atom is 0.530 e. The van der Waals surface area contributed by atoms with E-state index in [-0.39, 0.29) is 16.2 Å². The normalized spacial score (nSPS) is 12.1. The Kier molecular flexibility index (Phi) is 9.95. The maximum atomic E-state index is 6.45. The fourth-order valence-electron chi connectivity index (χ4n) is 6.18. The van der Waals surface area contributed by atoms with Crippen molar-refractivity contribution in [3.63, 3.8) is 0 Å². The van der Waals surface area contributed by atoms with E-state index in [1.54, 1.807) is 0 Å². The molecule has 0 amide bonds. The lowest BCUT2D eigenvalue weighted by Crippen LogP contribution is -2.18. The third kappa shape index (κ3) is 7.74. The molecule has 0 N–H and O–H groups in total. The molecule has 0 heterocycles. The molecule has 0 spiro atoms. The van der Waals surface area contributed by atoms with E-state index in [1.165, 1.54) is 33.4 Å². The van der Waals surface area contributed by atoms with Gasteiger partial charge in [-0.2, -0.15) is 0 Å². The molecule has 0 fully saturated rings. The van der Waals surface area contributed by atoms with Gasteiger partial charge in [-0.05, 0) is 69.8 Å². The molecule has 0 aromatic heterocycles. The van der Waals surface area contributed by atoms with Gasteiger partial charge in [0.15, 0.2) is 0 Å². The smallest absolute Gasteiger partial charge is 0.409 e. The summed E-state index contributed by atoms with van der Waals surface area (Å²) in [6.45, 7) is 13.4. The topological polar surface area (TPSA) is 27.7 Å². The third-order valence-corrected chi connectivity index (χ3v) is 10.8. The van der Waals surface area contributed by atoms with Crippen LogP contribution in [0.25, 0.3) is 0 Å². The van der Waals surface area contributed by atoms with Gasteiger partial charge in [-0.25, -0.2) is 0 Å². The Balaban J connectivity index is 1.24. The van der Waals surface area contributed by atoms with E-state index in [9.17, 15) is 0 Å². The van der Waals surface area contributed by atoms with Gasteiger partial charge in [-0.3, -0.25) is 0 Å². The molecule has 0 aliphatic carbocycles. The van der Waals surface area contributed by atoms with Crippen molar-refractivity contribution in [2.24, 2.45) is 0 Å². The van der Waals surface area contributed by atoms with Crippen molar-refractivity contribution >= 4 is 8.60 Å². The van der Waals surface area contributed by atoms with Crippen LogP contribution in [0.4, 0.5) is 0 Å². The lowest BCUT2D eigenvalue weighted by molar-refractivity contribution is 0.388. The Morgan fingerprint density at radius 1 is 0.286 bits per heavy atom. The quantitative estimate of drug-likeness (QED) is 0.122. The van der Waals surface area contributed by atoms with E-state index in [1.807, 2.05) is 54.6 Å². The van der Waals surface area contributed by atoms with Crippen LogP contribution >= 0.6 is 8.60 Å². The van der Waals surface area contributed by atoms with Crippen molar-refractivity contribution in [3.05, 3.63) is 197 Å². The highest BCUT2D eigenvalue weighted by molar-refractivity contribution is 7.43. The van der Waals surface area contributed by atoms with Crippen LogP contribution in [0.1, 0.15) is 74.9 Å². The van der Waals surface area contributed by atoms with E-state index in [4.69, 9.17) is 13.6 Å². The second-order valence-electron chi connectivity index (χ2n) is 14.0. The number of benzene rings is 6. The fourth-order valence-corrected chi connectivity index (χ4v) is 7.17. The minimum absolute atomic E-state index is 0.151. The summed E-state index contributed by atoms with van der Waals surface area (Å²) >= 11 is 0. The SMILES string of the molecule is CC(C)(c1ccccc1)c1ccc(OP(Oc2ccc(C(C)(C)c3ccccc3)cc2)Oc2ccc(C(C)(C)c3ccccc3)cc2)cc1. The van der Waals surface area contributed by atoms with Gasteiger partial charge in [0.2, 0.25) is 0 Å². The zero-order chi connectivity index (χ0) is 34.5. The summed E-state index contributed by atoms with van der Waals surface area (Å²) in [5, 5.41) is 0. The van der Waals surface area contributed by atoms with Gasteiger partial charge >= 0.3 is 8.60 Å². The predicted molar refractivity (Wildman–Crippen MR) is 204 cm³/mol. The van der Waals surface area contributed by atoms with Crippen LogP contribution in [0.15, 0.2) is 164 Å². The van der Waals surface area contributed by atoms with Crippen LogP contribution < -0.4 is 13.6 Å². The lowest BCUT2D eigenvalue weighted by atomic mass is 9.78. The van der Waals surface area contributed by atoms with Crippen LogP contribution in [0.3, 0.4) is 0 Å². The molecule has 0 aliphatic rings. The molecule has 0 aliphatic heterocycles. The van der Waals surface area contributed by atoms with Crippen molar-refractivity contribution in [2.75, 3.05) is 0 Å². The molecule has 49 heavy (non-hydrogen) atoms. The molecule has 4 heteroatoms. The summed E-state index contributed by atoms with van der Waals surface area (Å²) in [4.78, 5) is 0. The van der Waals surface area contributed by atoms with E-state index in [0.29, 0.717) is 17.2 Å². The molecule has 248 valence electrons. The summed E-state index contributed by atoms with van der Waals surface area (Å²) in [7, 11) is -1.83. The standard InChI is InChI=1S/C45H45O3P/c1-43(2,34-16-10-7-11-17-34)37-22-28-40(29-23-37)46-49(47-41-30-24-38(25-31-41)44(3,4)35-18-12-8-13-19-35)48-42-32-26-39(27-33-42)45(5,6)36-20-14-9-15-21-36/h7-33H,1-6H3. The van der Waals surface area contributed by atoms with Crippen LogP contribution in [0.5, 0.6) is 17.2 Å². The van der Waals surface area contributed by atoms with Crippen LogP contribution in [-0.2, 0) is 16.2 Å². The van der Waals surface area contributed by atoms with Crippen LogP contribution in [0, 0.1) is 0 Å². The highest BCUT2D eigenvalue weighted by Crippen LogP contribution is 2.44. The van der Waals surface area contributed by atoms with E-state index in [0.717, 1.165) is 0 Å². The number of hydrogen-bond donors (Lipinski definition) is 0. The molecule has 0 radical (unpaired) electrons. The molecule has 6 aromatic carbocycles. The Morgan fingerprint density at radius 2 is 0.490 bits per heavy atom. The number of rotatable bonds is 12. The van der Waals surface area contributed by atoms with Crippen LogP contribution in [-0.4, -0.2) is 0 Å². The average molecular weight is 665 g/mol. The Bertz CT molecular complexity index is 1690. The van der Waals surface area contributed by atoms with Gasteiger partial charge in [0.25, 0.3) is 0 Å².